The molecule has 0 N–H and O–H groups in total. The summed E-state index contributed by atoms with van der Waals surface area (Å²) in [4.78, 5) is 47.7. The number of rotatable bonds is 6. The van der Waals surface area contributed by atoms with E-state index in [9.17, 15) is 29.4 Å². The number of aromatic nitrogens is 2. The van der Waals surface area contributed by atoms with Crippen molar-refractivity contribution in [1.82, 2.24) is 9.13 Å². The van der Waals surface area contributed by atoms with Crippen molar-refractivity contribution < 1.29 is 29.4 Å². The molecule has 0 amide bonds. The van der Waals surface area contributed by atoms with Crippen molar-refractivity contribution in [1.29, 1.82) is 0 Å². The SMILES string of the molecule is O=C(c1cccs1)c1ccc2n1CCC2C(=O)[O-].O=C(c1cccs1)c1ccc2n1CCC2C(=O)[O-].[Ca+2]. The van der Waals surface area contributed by atoms with E-state index in [1.54, 1.807) is 45.5 Å². The van der Waals surface area contributed by atoms with Crippen molar-refractivity contribution >= 4 is 83.9 Å². The summed E-state index contributed by atoms with van der Waals surface area (Å²) in [6, 6.07) is 14.0. The Morgan fingerprint density at radius 3 is 1.41 bits per heavy atom. The minimum Gasteiger partial charge on any atom is -0.549 e. The van der Waals surface area contributed by atoms with Crippen molar-refractivity contribution in [3.8, 4) is 0 Å². The first kappa shape index (κ1) is 27.5. The van der Waals surface area contributed by atoms with Gasteiger partial charge < -0.3 is 28.9 Å². The molecule has 2 atom stereocenters. The molecule has 6 rings (SSSR count). The van der Waals surface area contributed by atoms with Crippen LogP contribution in [0.25, 0.3) is 0 Å². The average molecular weight is 561 g/mol. The van der Waals surface area contributed by atoms with Crippen molar-refractivity contribution in [3.05, 3.63) is 91.8 Å². The van der Waals surface area contributed by atoms with Crippen LogP contribution in [0.1, 0.15) is 66.8 Å². The molecule has 11 heteroatoms. The maximum atomic E-state index is 12.2. The molecule has 2 aliphatic heterocycles. The Hall–Kier alpha value is -2.50. The summed E-state index contributed by atoms with van der Waals surface area (Å²) >= 11 is 2.78. The second kappa shape index (κ2) is 11.5. The van der Waals surface area contributed by atoms with Gasteiger partial charge >= 0.3 is 37.7 Å². The van der Waals surface area contributed by atoms with E-state index in [-0.39, 0.29) is 49.3 Å². The number of nitrogens with zero attached hydrogens (tertiary/aromatic N) is 2. The Morgan fingerprint density at radius 2 is 1.08 bits per heavy atom. The number of aliphatic carboxylic acids is 2. The largest absolute Gasteiger partial charge is 2.00 e. The molecule has 37 heavy (non-hydrogen) atoms. The quantitative estimate of drug-likeness (QED) is 0.261. The Bertz CT molecular complexity index is 1340. The van der Waals surface area contributed by atoms with E-state index in [1.165, 1.54) is 22.7 Å². The Balaban J connectivity index is 0.000000168. The molecule has 2 unspecified atom stereocenters. The molecule has 8 nitrogen and oxygen atoms in total. The molecular weight excluding hydrogens is 541 g/mol. The second-order valence-electron chi connectivity index (χ2n) is 8.52. The van der Waals surface area contributed by atoms with Gasteiger partial charge in [-0.3, -0.25) is 9.59 Å². The Labute approximate surface area is 250 Å². The molecule has 2 aliphatic rings. The zero-order valence-corrected chi connectivity index (χ0v) is 23.5. The van der Waals surface area contributed by atoms with Crippen molar-refractivity contribution in [2.75, 3.05) is 0 Å². The van der Waals surface area contributed by atoms with Gasteiger partial charge in [0.05, 0.1) is 33.1 Å². The van der Waals surface area contributed by atoms with Crippen LogP contribution in [0.3, 0.4) is 0 Å². The van der Waals surface area contributed by atoms with E-state index in [1.807, 2.05) is 22.9 Å². The molecule has 184 valence electrons. The maximum Gasteiger partial charge on any atom is 2.00 e. The minimum absolute atomic E-state index is 0. The van der Waals surface area contributed by atoms with Gasteiger partial charge in [0.1, 0.15) is 0 Å². The number of carboxylic acid groups (broad SMARTS) is 2. The number of fused-ring (bicyclic) bond motifs is 2. The van der Waals surface area contributed by atoms with Crippen molar-refractivity contribution in [2.45, 2.75) is 37.8 Å². The minimum atomic E-state index is -1.07. The van der Waals surface area contributed by atoms with Gasteiger partial charge in [-0.25, -0.2) is 0 Å². The van der Waals surface area contributed by atoms with Crippen LogP contribution in [-0.2, 0) is 22.7 Å². The number of carbonyl (C=O) groups excluding carboxylic acids is 4. The monoisotopic (exact) mass is 560 g/mol. The van der Waals surface area contributed by atoms with Gasteiger partial charge in [-0.15, -0.1) is 22.7 Å². The summed E-state index contributed by atoms with van der Waals surface area (Å²) in [6.45, 7) is 1.13. The number of carboxylic acids is 2. The van der Waals surface area contributed by atoms with Crippen LogP contribution >= 0.6 is 22.7 Å². The van der Waals surface area contributed by atoms with E-state index in [2.05, 4.69) is 0 Å². The predicted octanol–water partition coefficient (Wildman–Crippen LogP) is 1.65. The third-order valence-corrected chi connectivity index (χ3v) is 8.29. The van der Waals surface area contributed by atoms with E-state index in [4.69, 9.17) is 0 Å². The standard InChI is InChI=1S/2C13H11NO3S.Ca/c2*15-12(11-2-1-7-18-11)10-4-3-9-8(13(16)17)5-6-14(9)10;/h2*1-4,7-8H,5-6H2,(H,16,17);/q;;+2/p-2. The number of hydrogen-bond donors (Lipinski definition) is 0. The van der Waals surface area contributed by atoms with E-state index >= 15 is 0 Å². The second-order valence-corrected chi connectivity index (χ2v) is 10.4. The smallest absolute Gasteiger partial charge is 0.549 e. The molecule has 4 aromatic rings. The third-order valence-electron chi connectivity index (χ3n) is 6.55. The molecule has 0 spiro atoms. The summed E-state index contributed by atoms with van der Waals surface area (Å²) in [7, 11) is 0. The first-order valence-corrected chi connectivity index (χ1v) is 13.1. The van der Waals surface area contributed by atoms with Crippen LogP contribution in [0.2, 0.25) is 0 Å². The molecule has 0 aliphatic carbocycles. The zero-order chi connectivity index (χ0) is 25.4. The van der Waals surface area contributed by atoms with Gasteiger partial charge in [-0.05, 0) is 60.0 Å². The van der Waals surface area contributed by atoms with Gasteiger partial charge in [-0.2, -0.15) is 0 Å². The normalized spacial score (nSPS) is 17.2. The Morgan fingerprint density at radius 1 is 0.676 bits per heavy atom. The number of carbonyl (C=O) groups is 4. The topological polar surface area (TPSA) is 124 Å². The van der Waals surface area contributed by atoms with Crippen LogP contribution in [0, 0.1) is 0 Å². The molecule has 0 bridgehead atoms. The van der Waals surface area contributed by atoms with Gasteiger partial charge in [0, 0.05) is 36.3 Å². The molecule has 6 heterocycles. The van der Waals surface area contributed by atoms with Gasteiger partial charge in [-0.1, -0.05) is 12.1 Å². The molecule has 0 saturated heterocycles. The van der Waals surface area contributed by atoms with Crippen LogP contribution in [0.4, 0.5) is 0 Å². The Kier molecular flexibility index (Phi) is 8.55. The molecule has 4 aromatic heterocycles. The summed E-state index contributed by atoms with van der Waals surface area (Å²) in [6.07, 6.45) is 1.01. The van der Waals surface area contributed by atoms with Gasteiger partial charge in [0.25, 0.3) is 0 Å². The molecule has 0 aromatic carbocycles. The zero-order valence-electron chi connectivity index (χ0n) is 19.6. The van der Waals surface area contributed by atoms with E-state index in [0.29, 0.717) is 58.5 Å². The molecule has 0 fully saturated rings. The van der Waals surface area contributed by atoms with Crippen molar-refractivity contribution in [2.24, 2.45) is 0 Å². The van der Waals surface area contributed by atoms with Crippen LogP contribution in [0.15, 0.2) is 59.3 Å². The fourth-order valence-electron chi connectivity index (χ4n) is 4.83. The van der Waals surface area contributed by atoms with E-state index in [0.717, 1.165) is 0 Å². The van der Waals surface area contributed by atoms with Crippen LogP contribution in [0.5, 0.6) is 0 Å². The predicted molar refractivity (Wildman–Crippen MR) is 135 cm³/mol. The average Bonchev–Trinajstić information content (AvgIpc) is 3.69. The van der Waals surface area contributed by atoms with Crippen molar-refractivity contribution in [3.63, 3.8) is 0 Å². The first-order valence-electron chi connectivity index (χ1n) is 11.3. The fraction of sp³-hybridized carbons (Fsp3) is 0.231. The molecular formula is C26H20CaN2O6S2. The molecule has 0 saturated carbocycles. The summed E-state index contributed by atoms with van der Waals surface area (Å²) < 4.78 is 3.59. The number of hydrogen-bond acceptors (Lipinski definition) is 8. The van der Waals surface area contributed by atoms with E-state index < -0.39 is 23.8 Å². The summed E-state index contributed by atoms with van der Waals surface area (Å²) in [5.41, 5.74) is 2.48. The molecule has 0 radical (unpaired) electrons. The fourth-order valence-corrected chi connectivity index (χ4v) is 6.17. The summed E-state index contributed by atoms with van der Waals surface area (Å²) in [5, 5.41) is 25.6. The number of ketones is 2. The third kappa shape index (κ3) is 5.26. The first-order chi connectivity index (χ1) is 17.4. The van der Waals surface area contributed by atoms with Gasteiger partial charge in [0.2, 0.25) is 11.6 Å². The number of thiophene rings is 2. The van der Waals surface area contributed by atoms with Gasteiger partial charge in [0.15, 0.2) is 0 Å². The van der Waals surface area contributed by atoms with Crippen LogP contribution in [-0.4, -0.2) is 70.4 Å². The van der Waals surface area contributed by atoms with Crippen LogP contribution < -0.4 is 10.2 Å². The summed E-state index contributed by atoms with van der Waals surface area (Å²) in [5.74, 6) is -3.40. The maximum absolute atomic E-state index is 12.2.